The normalized spacial score (nSPS) is 9.61. The van der Waals surface area contributed by atoms with Gasteiger partial charge < -0.3 is 10.7 Å². The fourth-order valence-electron chi connectivity index (χ4n) is 1.55. The van der Waals surface area contributed by atoms with Crippen LogP contribution in [0.4, 0.5) is 17.3 Å². The lowest BCUT2D eigenvalue weighted by molar-refractivity contribution is 1.22. The molecule has 0 fully saturated rings. The van der Waals surface area contributed by atoms with Crippen LogP contribution >= 0.6 is 0 Å². The summed E-state index contributed by atoms with van der Waals surface area (Å²) in [5.41, 5.74) is 5.00. The van der Waals surface area contributed by atoms with Crippen LogP contribution in [0.5, 0.6) is 0 Å². The number of hydrogen-bond acceptors (Lipinski definition) is 5. The smallest absolute Gasteiger partial charge is 0.142 e. The first kappa shape index (κ1) is 11.9. The van der Waals surface area contributed by atoms with E-state index in [0.717, 1.165) is 11.3 Å². The van der Waals surface area contributed by atoms with Gasteiger partial charge in [-0.1, -0.05) is 12.1 Å². The average molecular weight is 239 g/mol. The Bertz CT molecular complexity index is 601. The van der Waals surface area contributed by atoms with E-state index in [4.69, 9.17) is 11.1 Å². The zero-order valence-corrected chi connectivity index (χ0v) is 9.94. The molecule has 0 amide bonds. The minimum atomic E-state index is 0.578. The number of nitrogens with one attached hydrogen (secondary N) is 2. The van der Waals surface area contributed by atoms with Crippen molar-refractivity contribution in [2.24, 2.45) is 5.84 Å². The summed E-state index contributed by atoms with van der Waals surface area (Å²) in [6.07, 6.45) is 0. The van der Waals surface area contributed by atoms with Crippen LogP contribution in [0.2, 0.25) is 0 Å². The van der Waals surface area contributed by atoms with Crippen molar-refractivity contribution in [2.75, 3.05) is 10.7 Å². The molecule has 5 nitrogen and oxygen atoms in total. The molecule has 1 aromatic carbocycles. The Hall–Kier alpha value is -2.58. The van der Waals surface area contributed by atoms with Crippen LogP contribution in [0.15, 0.2) is 36.4 Å². The van der Waals surface area contributed by atoms with Crippen molar-refractivity contribution in [2.45, 2.75) is 6.92 Å². The van der Waals surface area contributed by atoms with Crippen molar-refractivity contribution in [3.63, 3.8) is 0 Å². The predicted octanol–water partition coefficient (Wildman–Crippen LogP) is 2.29. The van der Waals surface area contributed by atoms with E-state index < -0.39 is 0 Å². The van der Waals surface area contributed by atoms with Crippen LogP contribution in [-0.4, -0.2) is 4.98 Å². The number of aromatic nitrogens is 1. The SMILES string of the molecule is Cc1ccc(C#N)cc1Nc1cccc(NN)n1. The molecule has 1 heterocycles. The van der Waals surface area contributed by atoms with E-state index in [9.17, 15) is 0 Å². The molecule has 0 aliphatic heterocycles. The summed E-state index contributed by atoms with van der Waals surface area (Å²) in [5.74, 6) is 6.55. The molecular weight excluding hydrogens is 226 g/mol. The van der Waals surface area contributed by atoms with Gasteiger partial charge in [0.05, 0.1) is 11.6 Å². The van der Waals surface area contributed by atoms with Gasteiger partial charge in [-0.25, -0.2) is 10.8 Å². The zero-order valence-electron chi connectivity index (χ0n) is 9.94. The van der Waals surface area contributed by atoms with Crippen molar-refractivity contribution in [3.8, 4) is 6.07 Å². The summed E-state index contributed by atoms with van der Waals surface area (Å²) in [7, 11) is 0. The number of nitrogens with two attached hydrogens (primary N) is 1. The third-order valence-electron chi connectivity index (χ3n) is 2.53. The Morgan fingerprint density at radius 2 is 2.00 bits per heavy atom. The molecule has 1 aromatic heterocycles. The van der Waals surface area contributed by atoms with Crippen LogP contribution in [0.25, 0.3) is 0 Å². The van der Waals surface area contributed by atoms with Gasteiger partial charge in [0.25, 0.3) is 0 Å². The van der Waals surface area contributed by atoms with Crippen LogP contribution in [0.1, 0.15) is 11.1 Å². The summed E-state index contributed by atoms with van der Waals surface area (Å²) in [6.45, 7) is 1.97. The molecule has 0 saturated carbocycles. The first-order chi connectivity index (χ1) is 8.72. The highest BCUT2D eigenvalue weighted by Gasteiger charge is 2.02. The van der Waals surface area contributed by atoms with Crippen LogP contribution in [0, 0.1) is 18.3 Å². The molecule has 0 aliphatic carbocycles. The Balaban J connectivity index is 2.30. The number of anilines is 3. The van der Waals surface area contributed by atoms with E-state index in [2.05, 4.69) is 21.8 Å². The largest absolute Gasteiger partial charge is 0.340 e. The minimum absolute atomic E-state index is 0.578. The van der Waals surface area contributed by atoms with Gasteiger partial charge in [0.15, 0.2) is 0 Å². The zero-order chi connectivity index (χ0) is 13.0. The molecule has 18 heavy (non-hydrogen) atoms. The predicted molar refractivity (Wildman–Crippen MR) is 71.2 cm³/mol. The second-order valence-corrected chi connectivity index (χ2v) is 3.82. The Morgan fingerprint density at radius 3 is 2.72 bits per heavy atom. The molecule has 0 radical (unpaired) electrons. The number of aryl methyl sites for hydroxylation is 1. The van der Waals surface area contributed by atoms with E-state index in [1.807, 2.05) is 25.1 Å². The van der Waals surface area contributed by atoms with Crippen molar-refractivity contribution in [3.05, 3.63) is 47.5 Å². The molecule has 2 aromatic rings. The second kappa shape index (κ2) is 5.17. The number of benzene rings is 1. The fraction of sp³-hybridized carbons (Fsp3) is 0.0769. The number of nitriles is 1. The minimum Gasteiger partial charge on any atom is -0.340 e. The van der Waals surface area contributed by atoms with Gasteiger partial charge in [0, 0.05) is 5.69 Å². The van der Waals surface area contributed by atoms with Crippen molar-refractivity contribution >= 4 is 17.3 Å². The Morgan fingerprint density at radius 1 is 1.22 bits per heavy atom. The number of hydrazine groups is 1. The lowest BCUT2D eigenvalue weighted by Gasteiger charge is -2.10. The maximum absolute atomic E-state index is 8.88. The second-order valence-electron chi connectivity index (χ2n) is 3.82. The molecule has 0 bridgehead atoms. The van der Waals surface area contributed by atoms with E-state index >= 15 is 0 Å². The summed E-state index contributed by atoms with van der Waals surface area (Å²) in [5, 5.41) is 12.0. The summed E-state index contributed by atoms with van der Waals surface area (Å²) >= 11 is 0. The Labute approximate surface area is 105 Å². The first-order valence-electron chi connectivity index (χ1n) is 5.44. The van der Waals surface area contributed by atoms with Gasteiger partial charge in [-0.05, 0) is 36.8 Å². The van der Waals surface area contributed by atoms with Gasteiger partial charge in [-0.15, -0.1) is 0 Å². The Kier molecular flexibility index (Phi) is 3.41. The number of hydrogen-bond donors (Lipinski definition) is 3. The van der Waals surface area contributed by atoms with Crippen molar-refractivity contribution in [1.29, 1.82) is 5.26 Å². The van der Waals surface area contributed by atoms with E-state index in [1.54, 1.807) is 18.2 Å². The van der Waals surface area contributed by atoms with Gasteiger partial charge >= 0.3 is 0 Å². The van der Waals surface area contributed by atoms with Crippen molar-refractivity contribution < 1.29 is 0 Å². The lowest BCUT2D eigenvalue weighted by Crippen LogP contribution is -2.09. The molecule has 0 aliphatic rings. The number of nitrogens with zero attached hydrogens (tertiary/aromatic N) is 2. The lowest BCUT2D eigenvalue weighted by atomic mass is 10.1. The molecule has 90 valence electrons. The van der Waals surface area contributed by atoms with Gasteiger partial charge in [-0.3, -0.25) is 0 Å². The molecule has 2 rings (SSSR count). The third-order valence-corrected chi connectivity index (χ3v) is 2.53. The monoisotopic (exact) mass is 239 g/mol. The van der Waals surface area contributed by atoms with Crippen LogP contribution in [0.3, 0.4) is 0 Å². The van der Waals surface area contributed by atoms with Crippen LogP contribution in [-0.2, 0) is 0 Å². The topological polar surface area (TPSA) is 86.8 Å². The molecule has 0 atom stereocenters. The molecule has 0 saturated heterocycles. The van der Waals surface area contributed by atoms with E-state index in [1.165, 1.54) is 0 Å². The third kappa shape index (κ3) is 2.56. The quantitative estimate of drug-likeness (QED) is 0.565. The van der Waals surface area contributed by atoms with Crippen molar-refractivity contribution in [1.82, 2.24) is 4.98 Å². The first-order valence-corrected chi connectivity index (χ1v) is 5.44. The summed E-state index contributed by atoms with van der Waals surface area (Å²) in [4.78, 5) is 4.25. The van der Waals surface area contributed by atoms with Gasteiger partial charge in [-0.2, -0.15) is 5.26 Å². The number of rotatable bonds is 3. The molecule has 5 heteroatoms. The maximum atomic E-state index is 8.88. The molecule has 4 N–H and O–H groups in total. The molecule has 0 spiro atoms. The summed E-state index contributed by atoms with van der Waals surface area (Å²) < 4.78 is 0. The maximum Gasteiger partial charge on any atom is 0.142 e. The number of pyridine rings is 1. The molecular formula is C13H13N5. The van der Waals surface area contributed by atoms with Gasteiger partial charge in [0.1, 0.15) is 11.6 Å². The fourth-order valence-corrected chi connectivity index (χ4v) is 1.55. The standard InChI is InChI=1S/C13H13N5/c1-9-5-6-10(8-14)7-11(9)16-12-3-2-4-13(17-12)18-15/h2-7H,15H2,1H3,(H2,16,17,18). The average Bonchev–Trinajstić information content (AvgIpc) is 2.41. The number of nitrogen functional groups attached to an aromatic ring is 1. The summed E-state index contributed by atoms with van der Waals surface area (Å²) in [6, 6.07) is 13.0. The molecule has 0 unspecified atom stereocenters. The highest BCUT2D eigenvalue weighted by atomic mass is 15.3. The highest BCUT2D eigenvalue weighted by molar-refractivity contribution is 5.63. The van der Waals surface area contributed by atoms with Crippen LogP contribution < -0.4 is 16.6 Å². The van der Waals surface area contributed by atoms with E-state index in [0.29, 0.717) is 17.2 Å². The highest BCUT2D eigenvalue weighted by Crippen LogP contribution is 2.21. The van der Waals surface area contributed by atoms with E-state index in [-0.39, 0.29) is 0 Å². The van der Waals surface area contributed by atoms with Gasteiger partial charge in [0.2, 0.25) is 0 Å².